The molecule has 0 nitrogen and oxygen atoms in total. The van der Waals surface area contributed by atoms with Gasteiger partial charge in [0.05, 0.1) is 0 Å². The van der Waals surface area contributed by atoms with Crippen LogP contribution in [0.5, 0.6) is 0 Å². The van der Waals surface area contributed by atoms with Crippen LogP contribution in [0.1, 0.15) is 16.7 Å². The first kappa shape index (κ1) is 18.5. The number of hydrogen-bond acceptors (Lipinski definition) is 0. The van der Waals surface area contributed by atoms with Crippen molar-refractivity contribution in [3.63, 3.8) is 0 Å². The summed E-state index contributed by atoms with van der Waals surface area (Å²) in [5.41, 5.74) is 4.12. The van der Waals surface area contributed by atoms with Gasteiger partial charge in [0, 0.05) is 0 Å². The largest absolute Gasteiger partial charge is 3.00 e. The maximum absolute atomic E-state index is 2.26. The first-order valence-electron chi connectivity index (χ1n) is 4.32. The molecular weight excluding hydrogens is 489 g/mol. The van der Waals surface area contributed by atoms with E-state index in [4.69, 9.17) is 0 Å². The summed E-state index contributed by atoms with van der Waals surface area (Å²) in [5, 5.41) is 2.82. The molecule has 2 aromatic rings. The van der Waals surface area contributed by atoms with Gasteiger partial charge in [-0.15, -0.1) is 34.0 Å². The Morgan fingerprint density at radius 1 is 0.933 bits per heavy atom. The van der Waals surface area contributed by atoms with Crippen LogP contribution in [0.4, 0.5) is 0 Å². The van der Waals surface area contributed by atoms with Crippen molar-refractivity contribution in [3.8, 4) is 0 Å². The van der Waals surface area contributed by atoms with Crippen LogP contribution in [-0.4, -0.2) is 0 Å². The van der Waals surface area contributed by atoms with Crippen molar-refractivity contribution in [2.75, 3.05) is 0 Å². The fraction of sp³-hybridized carbons (Fsp3) is 0.250. The summed E-state index contributed by atoms with van der Waals surface area (Å²) < 4.78 is 0. The van der Waals surface area contributed by atoms with Crippen molar-refractivity contribution in [1.29, 1.82) is 0 Å². The molecule has 79 valence electrons. The van der Waals surface area contributed by atoms with Gasteiger partial charge in [0.1, 0.15) is 0 Å². The van der Waals surface area contributed by atoms with Crippen LogP contribution in [0, 0.1) is 20.8 Å². The van der Waals surface area contributed by atoms with Crippen molar-refractivity contribution in [1.82, 2.24) is 0 Å². The summed E-state index contributed by atoms with van der Waals surface area (Å²) in [6.07, 6.45) is 0. The molecule has 0 aromatic heterocycles. The molecule has 0 aliphatic rings. The minimum absolute atomic E-state index is 0. The van der Waals surface area contributed by atoms with Gasteiger partial charge in [-0.3, -0.25) is 0 Å². The van der Waals surface area contributed by atoms with Crippen molar-refractivity contribution in [2.24, 2.45) is 0 Å². The molecule has 0 bridgehead atoms. The zero-order valence-corrected chi connectivity index (χ0v) is 15.8. The third kappa shape index (κ3) is 3.84. The Labute approximate surface area is 145 Å². The third-order valence-corrected chi connectivity index (χ3v) is 2.47. The fourth-order valence-electron chi connectivity index (χ4n) is 1.73. The molecule has 3 heteroatoms. The van der Waals surface area contributed by atoms with E-state index in [0.717, 1.165) is 0 Å². The van der Waals surface area contributed by atoms with Crippen LogP contribution in [-0.2, 0) is 26.2 Å². The standard InChI is InChI=1S/C12H13.2HI.Zr/c1-8-6-11-9(2)4-5-10(3)12(11)7-8;;;/h4-7H,1-3H3;2*1H;/q-1;;;+3/p-2. The van der Waals surface area contributed by atoms with E-state index >= 15 is 0 Å². The van der Waals surface area contributed by atoms with Crippen LogP contribution < -0.4 is 48.0 Å². The molecule has 1 radical (unpaired) electrons. The molecule has 0 saturated carbocycles. The fourth-order valence-corrected chi connectivity index (χ4v) is 1.73. The van der Waals surface area contributed by atoms with Crippen molar-refractivity contribution in [3.05, 3.63) is 41.0 Å². The van der Waals surface area contributed by atoms with E-state index in [9.17, 15) is 0 Å². The Kier molecular flexibility index (Phi) is 9.26. The number of hydrogen-bond donors (Lipinski definition) is 0. The molecule has 2 aromatic carbocycles. The van der Waals surface area contributed by atoms with Gasteiger partial charge in [-0.05, 0) is 6.92 Å². The number of rotatable bonds is 0. The first-order chi connectivity index (χ1) is 5.68. The molecule has 2 rings (SSSR count). The van der Waals surface area contributed by atoms with Crippen molar-refractivity contribution < 1.29 is 74.2 Å². The van der Waals surface area contributed by atoms with Gasteiger partial charge >= 0.3 is 26.2 Å². The topological polar surface area (TPSA) is 0 Å². The molecule has 15 heavy (non-hydrogen) atoms. The second-order valence-electron chi connectivity index (χ2n) is 3.56. The smallest absolute Gasteiger partial charge is 1.00 e. The Bertz CT molecular complexity index is 393. The molecule has 0 aliphatic carbocycles. The summed E-state index contributed by atoms with van der Waals surface area (Å²) in [6, 6.07) is 8.91. The normalized spacial score (nSPS) is 8.73. The Balaban J connectivity index is 0. The van der Waals surface area contributed by atoms with Gasteiger partial charge < -0.3 is 48.0 Å². The molecule has 0 atom stereocenters. The number of aryl methyl sites for hydroxylation is 3. The predicted molar refractivity (Wildman–Crippen MR) is 53.8 cm³/mol. The SMILES string of the molecule is Cc1cc2c(C)ccc(C)c2[cH-]1.[I-].[I-].[Zr+3]. The van der Waals surface area contributed by atoms with Gasteiger partial charge in [-0.1, -0.05) is 25.5 Å². The van der Waals surface area contributed by atoms with Crippen LogP contribution in [0.2, 0.25) is 0 Å². The monoisotopic (exact) mass is 501 g/mol. The van der Waals surface area contributed by atoms with Gasteiger partial charge in [0.25, 0.3) is 0 Å². The van der Waals surface area contributed by atoms with Gasteiger partial charge in [-0.2, -0.15) is 6.07 Å². The Hall–Kier alpha value is 1.17. The molecule has 0 N–H and O–H groups in total. The van der Waals surface area contributed by atoms with Crippen molar-refractivity contribution >= 4 is 10.8 Å². The van der Waals surface area contributed by atoms with Crippen LogP contribution in [0.15, 0.2) is 24.3 Å². The molecule has 0 unspecified atom stereocenters. The number of fused-ring (bicyclic) bond motifs is 1. The maximum atomic E-state index is 2.26. The molecule has 0 amide bonds. The molecular formula is C12H13I2Zr. The average Bonchev–Trinajstić information content (AvgIpc) is 2.41. The van der Waals surface area contributed by atoms with E-state index in [1.807, 2.05) is 0 Å². The molecule has 0 aliphatic heterocycles. The van der Waals surface area contributed by atoms with Gasteiger partial charge in [0.15, 0.2) is 0 Å². The van der Waals surface area contributed by atoms with E-state index in [-0.39, 0.29) is 74.2 Å². The third-order valence-electron chi connectivity index (χ3n) is 2.47. The van der Waals surface area contributed by atoms with Crippen molar-refractivity contribution in [2.45, 2.75) is 20.8 Å². The predicted octanol–water partition coefficient (Wildman–Crippen LogP) is -2.51. The first-order valence-corrected chi connectivity index (χ1v) is 4.32. The molecule has 0 heterocycles. The summed E-state index contributed by atoms with van der Waals surface area (Å²) >= 11 is 0. The second-order valence-corrected chi connectivity index (χ2v) is 3.56. The number of benzene rings is 1. The van der Waals surface area contributed by atoms with Gasteiger partial charge in [-0.25, -0.2) is 0 Å². The minimum atomic E-state index is 0. The van der Waals surface area contributed by atoms with Crippen LogP contribution in [0.25, 0.3) is 10.8 Å². The zero-order valence-electron chi connectivity index (χ0n) is 9.07. The van der Waals surface area contributed by atoms with Crippen LogP contribution >= 0.6 is 0 Å². The second kappa shape index (κ2) is 7.49. The summed E-state index contributed by atoms with van der Waals surface area (Å²) in [7, 11) is 0. The summed E-state index contributed by atoms with van der Waals surface area (Å²) in [4.78, 5) is 0. The van der Waals surface area contributed by atoms with E-state index in [1.54, 1.807) is 0 Å². The Morgan fingerprint density at radius 2 is 1.47 bits per heavy atom. The summed E-state index contributed by atoms with van der Waals surface area (Å²) in [6.45, 7) is 6.49. The molecule has 0 spiro atoms. The molecule has 0 saturated heterocycles. The van der Waals surface area contributed by atoms with E-state index < -0.39 is 0 Å². The van der Waals surface area contributed by atoms with Gasteiger partial charge in [0.2, 0.25) is 0 Å². The van der Waals surface area contributed by atoms with Crippen LogP contribution in [0.3, 0.4) is 0 Å². The van der Waals surface area contributed by atoms with E-state index in [2.05, 4.69) is 45.0 Å². The van der Waals surface area contributed by atoms with E-state index in [1.165, 1.54) is 27.5 Å². The maximum Gasteiger partial charge on any atom is 3.00 e. The zero-order chi connectivity index (χ0) is 8.72. The van der Waals surface area contributed by atoms with E-state index in [0.29, 0.717) is 0 Å². The number of halogens is 2. The quantitative estimate of drug-likeness (QED) is 0.276. The Morgan fingerprint density at radius 3 is 2.00 bits per heavy atom. The average molecular weight is 502 g/mol. The molecule has 0 fully saturated rings. The minimum Gasteiger partial charge on any atom is -1.00 e. The summed E-state index contributed by atoms with van der Waals surface area (Å²) in [5.74, 6) is 0.